The van der Waals surface area contributed by atoms with Gasteiger partial charge in [-0.15, -0.1) is 0 Å². The number of alkyl halides is 2. The predicted octanol–water partition coefficient (Wildman–Crippen LogP) is 0.443. The Labute approximate surface area is 259 Å². The summed E-state index contributed by atoms with van der Waals surface area (Å²) in [7, 11) is -3.05. The van der Waals surface area contributed by atoms with E-state index in [1.54, 1.807) is 0 Å². The van der Waals surface area contributed by atoms with Crippen LogP contribution in [0.15, 0.2) is 28.6 Å². The predicted molar refractivity (Wildman–Crippen MR) is 156 cm³/mol. The topological polar surface area (TPSA) is 254 Å². The number of nitrogens with two attached hydrogens (primary N) is 1. The molecule has 10 atom stereocenters. The van der Waals surface area contributed by atoms with Crippen LogP contribution in [0.5, 0.6) is 0 Å². The number of aliphatic hydroxyl groups is 1. The van der Waals surface area contributed by atoms with E-state index in [0.29, 0.717) is 0 Å². The first-order chi connectivity index (χ1) is 21.4. The van der Waals surface area contributed by atoms with Gasteiger partial charge in [0.05, 0.1) is 32.2 Å². The van der Waals surface area contributed by atoms with Crippen molar-refractivity contribution in [3.05, 3.63) is 39.7 Å². The molecule has 0 aromatic carbocycles. The third kappa shape index (κ3) is 6.09. The SMILES string of the molecule is Nc1nc2c(ncn2[C@@H]2O[C@H](CO)[C@H](F)[C@H]2OP(=O)(S)OC[C@H]2O[C@@H](n3cnc4c(=O)[nH]cnc43)[C@@H](F)[C@@H]2O[PH](=O)S)c(=O)[nH]1. The molecule has 4 aromatic heterocycles. The quantitative estimate of drug-likeness (QED) is 0.0963. The maximum absolute atomic E-state index is 15.6. The number of nitrogens with zero attached hydrogens (tertiary/aromatic N) is 6. The molecule has 0 spiro atoms. The number of ether oxygens (including phenoxy) is 2. The van der Waals surface area contributed by atoms with Gasteiger partial charge in [0.2, 0.25) is 13.2 Å². The van der Waals surface area contributed by atoms with Gasteiger partial charge in [-0.2, -0.15) is 4.98 Å². The minimum atomic E-state index is -4.57. The first-order valence-corrected chi connectivity index (χ1v) is 18.1. The molecule has 4 aromatic rings. The van der Waals surface area contributed by atoms with Gasteiger partial charge >= 0.3 is 6.80 Å². The molecular formula is C20H23F2N9O10P2S2. The lowest BCUT2D eigenvalue weighted by atomic mass is 10.1. The van der Waals surface area contributed by atoms with E-state index < -0.39 is 87.6 Å². The molecule has 0 amide bonds. The number of nitrogens with one attached hydrogen (secondary N) is 2. The fourth-order valence-electron chi connectivity index (χ4n) is 5.02. The van der Waals surface area contributed by atoms with Crippen molar-refractivity contribution in [1.29, 1.82) is 0 Å². The van der Waals surface area contributed by atoms with Crippen LogP contribution < -0.4 is 16.9 Å². The number of H-pyrrole nitrogens is 2. The van der Waals surface area contributed by atoms with Crippen molar-refractivity contribution in [2.45, 2.75) is 49.2 Å². The van der Waals surface area contributed by atoms with Crippen LogP contribution in [0, 0.1) is 0 Å². The summed E-state index contributed by atoms with van der Waals surface area (Å²) in [5, 5.41) is 9.65. The summed E-state index contributed by atoms with van der Waals surface area (Å²) in [6.45, 7) is -6.12. The van der Waals surface area contributed by atoms with Crippen molar-refractivity contribution < 1.29 is 46.1 Å². The summed E-state index contributed by atoms with van der Waals surface area (Å²) < 4.78 is 85.7. The van der Waals surface area contributed by atoms with E-state index in [1.807, 2.05) is 0 Å². The average Bonchev–Trinajstić information content (AvgIpc) is 3.73. The molecule has 244 valence electrons. The summed E-state index contributed by atoms with van der Waals surface area (Å²) in [6, 6.07) is 0. The number of imidazole rings is 2. The molecule has 0 radical (unpaired) electrons. The Balaban J connectivity index is 1.23. The second-order valence-electron chi connectivity index (χ2n) is 9.72. The van der Waals surface area contributed by atoms with E-state index in [0.717, 1.165) is 28.1 Å². The number of thiol groups is 2. The zero-order valence-electron chi connectivity index (χ0n) is 22.2. The molecule has 0 saturated carbocycles. The number of nitrogen functional groups attached to an aromatic ring is 1. The van der Waals surface area contributed by atoms with E-state index in [2.05, 4.69) is 54.4 Å². The van der Waals surface area contributed by atoms with Crippen molar-refractivity contribution in [3.8, 4) is 0 Å². The van der Waals surface area contributed by atoms with Gasteiger partial charge in [0, 0.05) is 0 Å². The van der Waals surface area contributed by atoms with Crippen LogP contribution in [0.4, 0.5) is 14.7 Å². The standard InChI is InChI=1S/C20H23F2N9O10P2S2/c21-8-6(1-32)38-19(31-5-27-11-15(31)28-20(23)29-17(11)34)13(8)41-43(36,45)37-2-7-12(40-42(35)44)9(22)18(39-7)30-4-26-10-14(30)24-3-25-16(10)33/h3-9,12-13,18-19,32,42H,1-2H2,(H,35,44)(H,36,45)(H,24,25,33)(H3,23,28,29,34)/t6-,7-,8+,9+,12-,13-,18-,19-,43?/m1/s1. The summed E-state index contributed by atoms with van der Waals surface area (Å²) in [6.07, 6.45) is -10.1. The minimum Gasteiger partial charge on any atom is -0.394 e. The highest BCUT2D eigenvalue weighted by atomic mass is 32.7. The Morgan fingerprint density at radius 3 is 2.40 bits per heavy atom. The molecule has 2 aliphatic heterocycles. The van der Waals surface area contributed by atoms with Gasteiger partial charge < -0.3 is 29.8 Å². The van der Waals surface area contributed by atoms with Crippen LogP contribution in [0.25, 0.3) is 22.3 Å². The van der Waals surface area contributed by atoms with Crippen LogP contribution in [0.1, 0.15) is 12.5 Å². The Morgan fingerprint density at radius 1 is 1.04 bits per heavy atom. The highest BCUT2D eigenvalue weighted by Crippen LogP contribution is 2.57. The van der Waals surface area contributed by atoms with Gasteiger partial charge in [-0.3, -0.25) is 37.3 Å². The smallest absolute Gasteiger partial charge is 0.386 e. The normalized spacial score (nSPS) is 30.7. The average molecular weight is 714 g/mol. The summed E-state index contributed by atoms with van der Waals surface area (Å²) in [4.78, 5) is 44.7. The van der Waals surface area contributed by atoms with Crippen molar-refractivity contribution in [2.24, 2.45) is 0 Å². The third-order valence-corrected chi connectivity index (χ3v) is 9.37. The fraction of sp³-hybridized carbons (Fsp3) is 0.500. The number of aromatic amines is 2. The van der Waals surface area contributed by atoms with Gasteiger partial charge in [0.25, 0.3) is 11.1 Å². The molecule has 2 saturated heterocycles. The molecule has 2 fully saturated rings. The van der Waals surface area contributed by atoms with Crippen molar-refractivity contribution >= 4 is 66.8 Å². The lowest BCUT2D eigenvalue weighted by Crippen LogP contribution is -2.33. The van der Waals surface area contributed by atoms with Crippen LogP contribution >= 0.6 is 38.5 Å². The number of rotatable bonds is 10. The van der Waals surface area contributed by atoms with Crippen molar-refractivity contribution in [1.82, 2.24) is 39.0 Å². The fourth-order valence-corrected chi connectivity index (χ4v) is 7.35. The Morgan fingerprint density at radius 2 is 1.71 bits per heavy atom. The van der Waals surface area contributed by atoms with Crippen molar-refractivity contribution in [3.63, 3.8) is 0 Å². The molecule has 25 heteroatoms. The zero-order chi connectivity index (χ0) is 32.2. The molecule has 6 rings (SSSR count). The van der Waals surface area contributed by atoms with E-state index >= 15 is 8.78 Å². The zero-order valence-corrected chi connectivity index (χ0v) is 25.9. The van der Waals surface area contributed by atoms with Crippen LogP contribution in [-0.4, -0.2) is 94.1 Å². The Hall–Kier alpha value is -2.72. The second kappa shape index (κ2) is 12.5. The monoisotopic (exact) mass is 713 g/mol. The Kier molecular flexibility index (Phi) is 8.93. The maximum atomic E-state index is 15.6. The molecule has 19 nitrogen and oxygen atoms in total. The lowest BCUT2D eigenvalue weighted by Gasteiger charge is -2.25. The summed E-state index contributed by atoms with van der Waals surface area (Å²) >= 11 is 7.64. The molecule has 0 aliphatic carbocycles. The first-order valence-electron chi connectivity index (χ1n) is 12.8. The number of anilines is 1. The summed E-state index contributed by atoms with van der Waals surface area (Å²) in [5.74, 6) is -0.281. The van der Waals surface area contributed by atoms with Crippen LogP contribution in [-0.2, 0) is 32.2 Å². The van der Waals surface area contributed by atoms with Crippen molar-refractivity contribution in [2.75, 3.05) is 18.9 Å². The lowest BCUT2D eigenvalue weighted by molar-refractivity contribution is -0.0518. The van der Waals surface area contributed by atoms with Gasteiger partial charge in [-0.1, -0.05) is 24.5 Å². The van der Waals surface area contributed by atoms with E-state index in [9.17, 15) is 23.8 Å². The maximum Gasteiger partial charge on any atom is 0.386 e. The number of aliphatic hydroxyl groups excluding tert-OH is 1. The Bertz CT molecular complexity index is 1930. The van der Waals surface area contributed by atoms with Crippen LogP contribution in [0.3, 0.4) is 0 Å². The molecule has 0 bridgehead atoms. The second-order valence-corrected chi connectivity index (χ2v) is 14.5. The van der Waals surface area contributed by atoms with E-state index in [4.69, 9.17) is 28.8 Å². The van der Waals surface area contributed by atoms with Gasteiger partial charge in [0.15, 0.2) is 47.1 Å². The summed E-state index contributed by atoms with van der Waals surface area (Å²) in [5.41, 5.74) is 3.91. The molecule has 5 N–H and O–H groups in total. The number of fused-ring (bicyclic) bond motifs is 2. The third-order valence-electron chi connectivity index (χ3n) is 6.97. The number of halogens is 2. The first kappa shape index (κ1) is 32.2. The van der Waals surface area contributed by atoms with Gasteiger partial charge in [-0.25, -0.2) is 28.3 Å². The molecule has 6 heterocycles. The van der Waals surface area contributed by atoms with Crippen LogP contribution in [0.2, 0.25) is 0 Å². The van der Waals surface area contributed by atoms with E-state index in [-0.39, 0.29) is 28.3 Å². The number of aromatic nitrogens is 8. The van der Waals surface area contributed by atoms with E-state index in [1.165, 1.54) is 0 Å². The molecule has 45 heavy (non-hydrogen) atoms. The molecule has 2 aliphatic rings. The molecule has 2 unspecified atom stereocenters. The minimum absolute atomic E-state index is 0.0293. The highest BCUT2D eigenvalue weighted by molar-refractivity contribution is 8.44. The molecular weight excluding hydrogens is 690 g/mol. The van der Waals surface area contributed by atoms with Gasteiger partial charge in [-0.05, 0) is 0 Å². The number of hydrogen-bond donors (Lipinski definition) is 6. The highest BCUT2D eigenvalue weighted by Gasteiger charge is 2.52. The van der Waals surface area contributed by atoms with Gasteiger partial charge in [0.1, 0.15) is 24.4 Å². The number of hydrogen-bond acceptors (Lipinski definition) is 15. The largest absolute Gasteiger partial charge is 0.394 e.